The second-order valence-electron chi connectivity index (χ2n) is 5.13. The van der Waals surface area contributed by atoms with Gasteiger partial charge in [0.15, 0.2) is 0 Å². The van der Waals surface area contributed by atoms with E-state index in [-0.39, 0.29) is 18.5 Å². The first kappa shape index (κ1) is 15.8. The minimum Gasteiger partial charge on any atom is -0.496 e. The van der Waals surface area contributed by atoms with Crippen LogP contribution in [0.1, 0.15) is 18.4 Å². The van der Waals surface area contributed by atoms with Crippen LogP contribution in [0.2, 0.25) is 0 Å². The molecule has 21 heavy (non-hydrogen) atoms. The van der Waals surface area contributed by atoms with Gasteiger partial charge in [0.2, 0.25) is 15.9 Å². The Labute approximate surface area is 125 Å². The molecule has 0 unspecified atom stereocenters. The van der Waals surface area contributed by atoms with Crippen LogP contribution in [0.3, 0.4) is 0 Å². The topological polar surface area (TPSA) is 75.7 Å². The molecule has 1 aromatic rings. The third-order valence-corrected chi connectivity index (χ3v) is 4.63. The van der Waals surface area contributed by atoms with E-state index in [9.17, 15) is 13.2 Å². The van der Waals surface area contributed by atoms with Crippen molar-refractivity contribution in [2.75, 3.05) is 19.9 Å². The van der Waals surface area contributed by atoms with Crippen LogP contribution in [0.5, 0.6) is 5.75 Å². The first-order valence-electron chi connectivity index (χ1n) is 6.77. The molecule has 1 aliphatic carbocycles. The summed E-state index contributed by atoms with van der Waals surface area (Å²) in [7, 11) is -1.78. The molecule has 1 fully saturated rings. The number of hydrogen-bond acceptors (Lipinski definition) is 4. The first-order chi connectivity index (χ1) is 9.91. The smallest absolute Gasteiger partial charge is 0.235 e. The van der Waals surface area contributed by atoms with Gasteiger partial charge < -0.3 is 10.1 Å². The highest BCUT2D eigenvalue weighted by Crippen LogP contribution is 2.28. The number of nitrogens with zero attached hydrogens (tertiary/aromatic N) is 1. The molecule has 0 heterocycles. The number of rotatable bonds is 7. The summed E-state index contributed by atoms with van der Waals surface area (Å²) in [5, 5.41) is 2.73. The van der Waals surface area contributed by atoms with E-state index in [1.165, 1.54) is 4.31 Å². The zero-order chi connectivity index (χ0) is 15.5. The van der Waals surface area contributed by atoms with Crippen molar-refractivity contribution in [3.63, 3.8) is 0 Å². The Morgan fingerprint density at radius 1 is 1.38 bits per heavy atom. The highest BCUT2D eigenvalue weighted by atomic mass is 32.2. The number of amides is 1. The Morgan fingerprint density at radius 3 is 2.62 bits per heavy atom. The number of carbonyl (C=O) groups excluding carboxylic acids is 1. The third-order valence-electron chi connectivity index (χ3n) is 3.35. The fourth-order valence-electron chi connectivity index (χ4n) is 2.12. The van der Waals surface area contributed by atoms with Gasteiger partial charge in [-0.1, -0.05) is 18.2 Å². The standard InChI is InChI=1S/C14H20N2O4S/c1-20-13-6-4-3-5-11(13)9-15-14(17)10-16(12-7-8-12)21(2,18)19/h3-6,12H,7-10H2,1-2H3,(H,15,17). The molecule has 1 N–H and O–H groups in total. The van der Waals surface area contributed by atoms with Gasteiger partial charge in [0, 0.05) is 18.2 Å². The molecule has 0 aromatic heterocycles. The molecule has 0 aliphatic heterocycles. The van der Waals surface area contributed by atoms with Crippen molar-refractivity contribution in [3.05, 3.63) is 29.8 Å². The average Bonchev–Trinajstić information content (AvgIpc) is 3.26. The van der Waals surface area contributed by atoms with Crippen LogP contribution in [-0.4, -0.2) is 44.6 Å². The van der Waals surface area contributed by atoms with Gasteiger partial charge in [-0.25, -0.2) is 8.42 Å². The second-order valence-corrected chi connectivity index (χ2v) is 7.06. The Balaban J connectivity index is 1.92. The lowest BCUT2D eigenvalue weighted by atomic mass is 10.2. The Kier molecular flexibility index (Phi) is 4.84. The van der Waals surface area contributed by atoms with Gasteiger partial charge in [-0.05, 0) is 18.9 Å². The molecule has 116 valence electrons. The number of hydrogen-bond donors (Lipinski definition) is 1. The number of benzene rings is 1. The van der Waals surface area contributed by atoms with Crippen LogP contribution in [0.4, 0.5) is 0 Å². The van der Waals surface area contributed by atoms with Crippen molar-refractivity contribution in [2.45, 2.75) is 25.4 Å². The number of carbonyl (C=O) groups is 1. The summed E-state index contributed by atoms with van der Waals surface area (Å²) in [4.78, 5) is 11.9. The van der Waals surface area contributed by atoms with Crippen LogP contribution in [-0.2, 0) is 21.4 Å². The molecule has 7 heteroatoms. The van der Waals surface area contributed by atoms with E-state index in [1.54, 1.807) is 7.11 Å². The number of ether oxygens (including phenoxy) is 1. The zero-order valence-corrected chi connectivity index (χ0v) is 13.0. The molecule has 0 spiro atoms. The lowest BCUT2D eigenvalue weighted by Crippen LogP contribution is -2.41. The highest BCUT2D eigenvalue weighted by molar-refractivity contribution is 7.88. The first-order valence-corrected chi connectivity index (χ1v) is 8.62. The predicted octanol–water partition coefficient (Wildman–Crippen LogP) is 0.735. The van der Waals surface area contributed by atoms with Gasteiger partial charge in [0.1, 0.15) is 5.75 Å². The molecule has 1 amide bonds. The molecular formula is C14H20N2O4S. The van der Waals surface area contributed by atoms with Crippen LogP contribution in [0, 0.1) is 0 Å². The van der Waals surface area contributed by atoms with Crippen molar-refractivity contribution in [2.24, 2.45) is 0 Å². The third kappa shape index (κ3) is 4.44. The molecule has 0 radical (unpaired) electrons. The van der Waals surface area contributed by atoms with Crippen molar-refractivity contribution in [1.82, 2.24) is 9.62 Å². The average molecular weight is 312 g/mol. The summed E-state index contributed by atoms with van der Waals surface area (Å²) < 4.78 is 29.8. The van der Waals surface area contributed by atoms with E-state index in [1.807, 2.05) is 24.3 Å². The predicted molar refractivity (Wildman–Crippen MR) is 79.4 cm³/mol. The molecular weight excluding hydrogens is 292 g/mol. The number of methoxy groups -OCH3 is 1. The van der Waals surface area contributed by atoms with Crippen LogP contribution in [0.25, 0.3) is 0 Å². The highest BCUT2D eigenvalue weighted by Gasteiger charge is 2.36. The van der Waals surface area contributed by atoms with Crippen molar-refractivity contribution < 1.29 is 17.9 Å². The van der Waals surface area contributed by atoms with Crippen molar-refractivity contribution in [3.8, 4) is 5.75 Å². The fraction of sp³-hybridized carbons (Fsp3) is 0.500. The summed E-state index contributed by atoms with van der Waals surface area (Å²) in [5.41, 5.74) is 0.852. The Hall–Kier alpha value is -1.60. The van der Waals surface area contributed by atoms with Crippen LogP contribution >= 0.6 is 0 Å². The Bertz CT molecular complexity index is 611. The fourth-order valence-corrected chi connectivity index (χ4v) is 3.22. The molecule has 1 aromatic carbocycles. The lowest BCUT2D eigenvalue weighted by Gasteiger charge is -2.19. The van der Waals surface area contributed by atoms with E-state index in [2.05, 4.69) is 5.32 Å². The lowest BCUT2D eigenvalue weighted by molar-refractivity contribution is -0.121. The normalized spacial score (nSPS) is 15.0. The molecule has 1 saturated carbocycles. The van der Waals surface area contributed by atoms with Crippen molar-refractivity contribution in [1.29, 1.82) is 0 Å². The molecule has 0 saturated heterocycles. The maximum atomic E-state index is 11.9. The van der Waals surface area contributed by atoms with Gasteiger partial charge in [0.05, 0.1) is 19.9 Å². The SMILES string of the molecule is COc1ccccc1CNC(=O)CN(C1CC1)S(C)(=O)=O. The van der Waals surface area contributed by atoms with Gasteiger partial charge in [0.25, 0.3) is 0 Å². The largest absolute Gasteiger partial charge is 0.496 e. The zero-order valence-electron chi connectivity index (χ0n) is 12.2. The monoisotopic (exact) mass is 312 g/mol. The van der Waals surface area contributed by atoms with Gasteiger partial charge in [-0.2, -0.15) is 4.31 Å². The minimum atomic E-state index is -3.34. The summed E-state index contributed by atoms with van der Waals surface area (Å²) in [5.74, 6) is 0.387. The molecule has 1 aliphatic rings. The van der Waals surface area contributed by atoms with Gasteiger partial charge in [-0.3, -0.25) is 4.79 Å². The molecule has 2 rings (SSSR count). The molecule has 0 bridgehead atoms. The Morgan fingerprint density at radius 2 is 2.05 bits per heavy atom. The van der Waals surface area contributed by atoms with E-state index >= 15 is 0 Å². The summed E-state index contributed by atoms with van der Waals surface area (Å²) in [6.45, 7) is 0.184. The number of para-hydroxylation sites is 1. The quantitative estimate of drug-likeness (QED) is 0.805. The number of nitrogens with one attached hydrogen (secondary N) is 1. The van der Waals surface area contributed by atoms with Crippen LogP contribution in [0.15, 0.2) is 24.3 Å². The summed E-state index contributed by atoms with van der Waals surface area (Å²) >= 11 is 0. The van der Waals surface area contributed by atoms with E-state index < -0.39 is 10.0 Å². The van der Waals surface area contributed by atoms with E-state index in [0.29, 0.717) is 12.3 Å². The summed E-state index contributed by atoms with van der Waals surface area (Å²) in [6, 6.07) is 7.36. The second kappa shape index (κ2) is 6.44. The summed E-state index contributed by atoms with van der Waals surface area (Å²) in [6.07, 6.45) is 2.79. The van der Waals surface area contributed by atoms with Gasteiger partial charge >= 0.3 is 0 Å². The van der Waals surface area contributed by atoms with E-state index in [4.69, 9.17) is 4.74 Å². The van der Waals surface area contributed by atoms with Gasteiger partial charge in [-0.15, -0.1) is 0 Å². The minimum absolute atomic E-state index is 0.0167. The van der Waals surface area contributed by atoms with E-state index in [0.717, 1.165) is 24.7 Å². The molecule has 0 atom stereocenters. The maximum Gasteiger partial charge on any atom is 0.235 e. The van der Waals surface area contributed by atoms with Crippen LogP contribution < -0.4 is 10.1 Å². The maximum absolute atomic E-state index is 11.9. The van der Waals surface area contributed by atoms with Crippen molar-refractivity contribution >= 4 is 15.9 Å². The molecule has 6 nitrogen and oxygen atoms in total. The number of sulfonamides is 1.